The van der Waals surface area contributed by atoms with Crippen LogP contribution in [0, 0.1) is 0 Å². The van der Waals surface area contributed by atoms with Crippen molar-refractivity contribution in [1.29, 1.82) is 0 Å². The normalized spacial score (nSPS) is 20.7. The second kappa shape index (κ2) is 8.11. The van der Waals surface area contributed by atoms with Gasteiger partial charge in [0.25, 0.3) is 0 Å². The van der Waals surface area contributed by atoms with E-state index in [9.17, 15) is 4.79 Å². The zero-order valence-electron chi connectivity index (χ0n) is 13.4. The lowest BCUT2D eigenvalue weighted by atomic mass is 10.2. The minimum absolute atomic E-state index is 0.248. The molecular formula is C17H24ClN3O2. The summed E-state index contributed by atoms with van der Waals surface area (Å²) in [4.78, 5) is 18.9. The second-order valence-corrected chi connectivity index (χ2v) is 6.61. The number of carbonyl (C=O) groups excluding carboxylic acids is 1. The van der Waals surface area contributed by atoms with Crippen LogP contribution in [0.15, 0.2) is 24.3 Å². The van der Waals surface area contributed by atoms with Crippen molar-refractivity contribution in [3.8, 4) is 0 Å². The number of nitrogens with zero attached hydrogens (tertiary/aromatic N) is 3. The Bertz CT molecular complexity index is 509. The summed E-state index contributed by atoms with van der Waals surface area (Å²) in [5.74, 6) is 0.248. The van der Waals surface area contributed by atoms with E-state index in [4.69, 9.17) is 16.3 Å². The van der Waals surface area contributed by atoms with Gasteiger partial charge in [-0.15, -0.1) is 0 Å². The summed E-state index contributed by atoms with van der Waals surface area (Å²) in [5.41, 5.74) is 1.27. The van der Waals surface area contributed by atoms with E-state index in [-0.39, 0.29) is 5.91 Å². The smallest absolute Gasteiger partial charge is 0.236 e. The minimum atomic E-state index is 0.248. The molecule has 23 heavy (non-hydrogen) atoms. The lowest BCUT2D eigenvalue weighted by Gasteiger charge is -2.36. The summed E-state index contributed by atoms with van der Waals surface area (Å²) < 4.78 is 5.32. The van der Waals surface area contributed by atoms with Crippen molar-refractivity contribution in [2.75, 3.05) is 59.0 Å². The second-order valence-electron chi connectivity index (χ2n) is 6.17. The van der Waals surface area contributed by atoms with Crippen LogP contribution >= 0.6 is 11.6 Å². The molecule has 0 saturated carbocycles. The highest BCUT2D eigenvalue weighted by Crippen LogP contribution is 2.13. The number of hydrogen-bond donors (Lipinski definition) is 0. The highest BCUT2D eigenvalue weighted by Gasteiger charge is 2.23. The minimum Gasteiger partial charge on any atom is -0.379 e. The number of hydrogen-bond acceptors (Lipinski definition) is 4. The number of rotatable bonds is 4. The van der Waals surface area contributed by atoms with Gasteiger partial charge in [-0.3, -0.25) is 14.6 Å². The summed E-state index contributed by atoms with van der Waals surface area (Å²) in [6, 6.07) is 7.99. The molecule has 6 heteroatoms. The van der Waals surface area contributed by atoms with Gasteiger partial charge in [0.1, 0.15) is 0 Å². The molecule has 2 saturated heterocycles. The fraction of sp³-hybridized carbons (Fsp3) is 0.588. The summed E-state index contributed by atoms with van der Waals surface area (Å²) in [7, 11) is 0. The van der Waals surface area contributed by atoms with Crippen LogP contribution in [0.5, 0.6) is 0 Å². The van der Waals surface area contributed by atoms with Crippen molar-refractivity contribution in [2.24, 2.45) is 0 Å². The molecule has 0 aliphatic carbocycles. The quantitative estimate of drug-likeness (QED) is 0.830. The van der Waals surface area contributed by atoms with Crippen molar-refractivity contribution in [3.05, 3.63) is 34.9 Å². The van der Waals surface area contributed by atoms with Crippen molar-refractivity contribution in [1.82, 2.24) is 14.7 Å². The lowest BCUT2D eigenvalue weighted by molar-refractivity contribution is -0.135. The molecule has 0 spiro atoms. The maximum atomic E-state index is 12.4. The van der Waals surface area contributed by atoms with E-state index < -0.39 is 0 Å². The van der Waals surface area contributed by atoms with Crippen molar-refractivity contribution < 1.29 is 9.53 Å². The van der Waals surface area contributed by atoms with Gasteiger partial charge in [-0.2, -0.15) is 0 Å². The number of benzene rings is 1. The Labute approximate surface area is 142 Å². The van der Waals surface area contributed by atoms with Crippen LogP contribution in [0.25, 0.3) is 0 Å². The molecule has 3 rings (SSSR count). The molecule has 5 nitrogen and oxygen atoms in total. The van der Waals surface area contributed by atoms with Crippen LogP contribution in [0.3, 0.4) is 0 Å². The Balaban J connectivity index is 1.42. The topological polar surface area (TPSA) is 36.0 Å². The molecule has 2 fully saturated rings. The average Bonchev–Trinajstić information content (AvgIpc) is 2.58. The largest absolute Gasteiger partial charge is 0.379 e. The Kier molecular flexibility index (Phi) is 5.89. The zero-order chi connectivity index (χ0) is 16.1. The maximum Gasteiger partial charge on any atom is 0.236 e. The van der Waals surface area contributed by atoms with Gasteiger partial charge in [0.15, 0.2) is 0 Å². The fourth-order valence-electron chi connectivity index (χ4n) is 3.05. The highest BCUT2D eigenvalue weighted by atomic mass is 35.5. The summed E-state index contributed by atoms with van der Waals surface area (Å²) in [5, 5.41) is 0.771. The number of ether oxygens (including phenoxy) is 1. The molecule has 0 radical (unpaired) electrons. The Morgan fingerprint density at radius 3 is 2.26 bits per heavy atom. The molecule has 2 heterocycles. The van der Waals surface area contributed by atoms with Gasteiger partial charge >= 0.3 is 0 Å². The van der Waals surface area contributed by atoms with Gasteiger partial charge in [-0.25, -0.2) is 0 Å². The molecule has 1 aromatic carbocycles. The number of morpholine rings is 1. The molecule has 126 valence electrons. The molecule has 2 aliphatic heterocycles. The van der Waals surface area contributed by atoms with Gasteiger partial charge in [0.05, 0.1) is 19.8 Å². The van der Waals surface area contributed by atoms with Crippen LogP contribution in [0.1, 0.15) is 5.56 Å². The Hall–Kier alpha value is -1.14. The van der Waals surface area contributed by atoms with Gasteiger partial charge in [-0.05, 0) is 17.7 Å². The molecule has 0 aromatic heterocycles. The molecule has 1 amide bonds. The first-order valence-corrected chi connectivity index (χ1v) is 8.63. The molecular weight excluding hydrogens is 314 g/mol. The van der Waals surface area contributed by atoms with Gasteiger partial charge in [-0.1, -0.05) is 23.7 Å². The van der Waals surface area contributed by atoms with E-state index in [0.717, 1.165) is 64.0 Å². The standard InChI is InChI=1S/C17H24ClN3O2/c18-16-3-1-15(2-4-16)13-19-5-7-21(8-6-19)17(22)14-20-9-11-23-12-10-20/h1-4H,5-14H2. The third-order valence-corrected chi connectivity index (χ3v) is 4.76. The maximum absolute atomic E-state index is 12.4. The van der Waals surface area contributed by atoms with Crippen LogP contribution in [-0.4, -0.2) is 79.6 Å². The number of piperazine rings is 1. The van der Waals surface area contributed by atoms with Crippen molar-refractivity contribution >= 4 is 17.5 Å². The fourth-order valence-corrected chi connectivity index (χ4v) is 3.18. The van der Waals surface area contributed by atoms with Crippen LogP contribution in [0.4, 0.5) is 0 Å². The molecule has 0 atom stereocenters. The van der Waals surface area contributed by atoms with Crippen LogP contribution < -0.4 is 0 Å². The third-order valence-electron chi connectivity index (χ3n) is 4.51. The van der Waals surface area contributed by atoms with Gasteiger partial charge in [0.2, 0.25) is 5.91 Å². The summed E-state index contributed by atoms with van der Waals surface area (Å²) in [6.45, 7) is 8.14. The first-order valence-electron chi connectivity index (χ1n) is 8.25. The van der Waals surface area contributed by atoms with E-state index >= 15 is 0 Å². The van der Waals surface area contributed by atoms with E-state index in [1.165, 1.54) is 5.56 Å². The predicted octanol–water partition coefficient (Wildman–Crippen LogP) is 1.32. The monoisotopic (exact) mass is 337 g/mol. The third kappa shape index (κ3) is 4.91. The lowest BCUT2D eigenvalue weighted by Crippen LogP contribution is -2.51. The number of halogens is 1. The number of carbonyl (C=O) groups is 1. The highest BCUT2D eigenvalue weighted by molar-refractivity contribution is 6.30. The van der Waals surface area contributed by atoms with Crippen LogP contribution in [0.2, 0.25) is 5.02 Å². The summed E-state index contributed by atoms with van der Waals surface area (Å²) >= 11 is 5.92. The Morgan fingerprint density at radius 1 is 0.957 bits per heavy atom. The van der Waals surface area contributed by atoms with Crippen molar-refractivity contribution in [3.63, 3.8) is 0 Å². The average molecular weight is 338 g/mol. The zero-order valence-corrected chi connectivity index (χ0v) is 14.2. The molecule has 0 N–H and O–H groups in total. The predicted molar refractivity (Wildman–Crippen MR) is 90.6 cm³/mol. The SMILES string of the molecule is O=C(CN1CCOCC1)N1CCN(Cc2ccc(Cl)cc2)CC1. The molecule has 1 aromatic rings. The van der Waals surface area contributed by atoms with Gasteiger partial charge < -0.3 is 9.64 Å². The van der Waals surface area contributed by atoms with E-state index in [0.29, 0.717) is 6.54 Å². The number of amides is 1. The Morgan fingerprint density at radius 2 is 1.61 bits per heavy atom. The van der Waals surface area contributed by atoms with E-state index in [1.54, 1.807) is 0 Å². The first-order chi connectivity index (χ1) is 11.2. The van der Waals surface area contributed by atoms with Gasteiger partial charge in [0, 0.05) is 50.8 Å². The first kappa shape index (κ1) is 16.7. The van der Waals surface area contributed by atoms with E-state index in [2.05, 4.69) is 21.9 Å². The van der Waals surface area contributed by atoms with Crippen molar-refractivity contribution in [2.45, 2.75) is 6.54 Å². The molecule has 0 unspecified atom stereocenters. The van der Waals surface area contributed by atoms with Crippen LogP contribution in [-0.2, 0) is 16.1 Å². The summed E-state index contributed by atoms with van der Waals surface area (Å²) in [6.07, 6.45) is 0. The van der Waals surface area contributed by atoms with E-state index in [1.807, 2.05) is 17.0 Å². The molecule has 2 aliphatic rings. The molecule has 0 bridgehead atoms.